The highest BCUT2D eigenvalue weighted by atomic mass is 16.7. The van der Waals surface area contributed by atoms with E-state index >= 15 is 0 Å². The number of nitrogens with zero attached hydrogens (tertiary/aromatic N) is 1. The fourth-order valence-corrected chi connectivity index (χ4v) is 1.98. The summed E-state index contributed by atoms with van der Waals surface area (Å²) >= 11 is 0. The molecule has 0 atom stereocenters. The summed E-state index contributed by atoms with van der Waals surface area (Å²) in [7, 11) is 1.26. The van der Waals surface area contributed by atoms with Gasteiger partial charge in [-0.15, -0.1) is 0 Å². The van der Waals surface area contributed by atoms with Gasteiger partial charge in [0.25, 0.3) is 0 Å². The van der Waals surface area contributed by atoms with Crippen LogP contribution in [0.25, 0.3) is 6.08 Å². The number of methoxy groups -OCH3 is 1. The van der Waals surface area contributed by atoms with E-state index in [1.807, 2.05) is 58.8 Å². The maximum absolute atomic E-state index is 5.91. The minimum Gasteiger partial charge on any atom is -0.481 e. The molecule has 2 rings (SSSR count). The van der Waals surface area contributed by atoms with E-state index in [0.717, 1.165) is 11.3 Å². The van der Waals surface area contributed by atoms with Gasteiger partial charge in [0.2, 0.25) is 5.88 Å². The topological polar surface area (TPSA) is 40.6 Å². The van der Waals surface area contributed by atoms with Gasteiger partial charge in [0, 0.05) is 11.3 Å². The normalized spacial score (nSPS) is 20.6. The highest BCUT2D eigenvalue weighted by Crippen LogP contribution is 2.37. The van der Waals surface area contributed by atoms with Gasteiger partial charge in [-0.3, -0.25) is 0 Å². The Morgan fingerprint density at radius 2 is 1.75 bits per heavy atom. The second-order valence-electron chi connectivity index (χ2n) is 6.03. The van der Waals surface area contributed by atoms with Crippen molar-refractivity contribution >= 4 is 13.2 Å². The SMILES string of the molecule is COc1nc(C)ccc1/C=C/B1OC(C)(C)C(C)(C)O1. The van der Waals surface area contributed by atoms with Gasteiger partial charge in [0.1, 0.15) is 0 Å². The molecule has 0 unspecified atom stereocenters. The van der Waals surface area contributed by atoms with Crippen LogP contribution < -0.4 is 4.74 Å². The average Bonchev–Trinajstić information content (AvgIpc) is 2.56. The summed E-state index contributed by atoms with van der Waals surface area (Å²) in [6.45, 7) is 10.1. The molecule has 0 amide bonds. The highest BCUT2D eigenvalue weighted by Gasteiger charge is 2.50. The van der Waals surface area contributed by atoms with Gasteiger partial charge < -0.3 is 14.0 Å². The van der Waals surface area contributed by atoms with Crippen molar-refractivity contribution in [2.24, 2.45) is 0 Å². The summed E-state index contributed by atoms with van der Waals surface area (Å²) in [5.41, 5.74) is 1.19. The summed E-state index contributed by atoms with van der Waals surface area (Å²) < 4.78 is 17.1. The van der Waals surface area contributed by atoms with Gasteiger partial charge in [0.15, 0.2) is 0 Å². The molecule has 0 spiro atoms. The lowest BCUT2D eigenvalue weighted by Gasteiger charge is -2.32. The van der Waals surface area contributed by atoms with E-state index in [1.165, 1.54) is 0 Å². The molecular weight excluding hydrogens is 253 g/mol. The fraction of sp³-hybridized carbons (Fsp3) is 0.533. The van der Waals surface area contributed by atoms with Gasteiger partial charge >= 0.3 is 7.12 Å². The first-order chi connectivity index (χ1) is 9.25. The van der Waals surface area contributed by atoms with E-state index in [-0.39, 0.29) is 18.3 Å². The molecule has 1 aliphatic heterocycles. The molecule has 1 aliphatic rings. The molecule has 0 N–H and O–H groups in total. The minimum atomic E-state index is -0.356. The van der Waals surface area contributed by atoms with Gasteiger partial charge in [-0.2, -0.15) is 0 Å². The Morgan fingerprint density at radius 1 is 1.15 bits per heavy atom. The quantitative estimate of drug-likeness (QED) is 0.795. The van der Waals surface area contributed by atoms with Crippen molar-refractivity contribution in [1.29, 1.82) is 0 Å². The van der Waals surface area contributed by atoms with Crippen molar-refractivity contribution in [2.45, 2.75) is 45.8 Å². The first kappa shape index (κ1) is 15.1. The summed E-state index contributed by atoms with van der Waals surface area (Å²) in [6, 6.07) is 3.93. The zero-order valence-electron chi connectivity index (χ0n) is 13.1. The van der Waals surface area contributed by atoms with E-state index in [0.29, 0.717) is 5.88 Å². The van der Waals surface area contributed by atoms with Crippen LogP contribution in [0.5, 0.6) is 5.88 Å². The molecule has 0 aliphatic carbocycles. The lowest BCUT2D eigenvalue weighted by molar-refractivity contribution is 0.00578. The number of hydrogen-bond acceptors (Lipinski definition) is 4. The van der Waals surface area contributed by atoms with Crippen LogP contribution in [-0.4, -0.2) is 30.4 Å². The number of hydrogen-bond donors (Lipinski definition) is 0. The van der Waals surface area contributed by atoms with Gasteiger partial charge in [-0.25, -0.2) is 4.98 Å². The average molecular weight is 275 g/mol. The van der Waals surface area contributed by atoms with E-state index in [2.05, 4.69) is 4.98 Å². The van der Waals surface area contributed by atoms with Crippen LogP contribution in [0.4, 0.5) is 0 Å². The van der Waals surface area contributed by atoms with Crippen molar-refractivity contribution in [2.75, 3.05) is 7.11 Å². The molecule has 108 valence electrons. The summed E-state index contributed by atoms with van der Waals surface area (Å²) in [4.78, 5) is 4.34. The highest BCUT2D eigenvalue weighted by molar-refractivity contribution is 6.52. The van der Waals surface area contributed by atoms with Crippen LogP contribution in [0, 0.1) is 6.92 Å². The van der Waals surface area contributed by atoms with Crippen LogP contribution in [0.1, 0.15) is 39.0 Å². The van der Waals surface area contributed by atoms with Crippen molar-refractivity contribution in [3.8, 4) is 5.88 Å². The zero-order chi connectivity index (χ0) is 15.0. The largest absolute Gasteiger partial charge is 0.487 e. The Balaban J connectivity index is 2.16. The molecule has 4 nitrogen and oxygen atoms in total. The van der Waals surface area contributed by atoms with Crippen LogP contribution in [0.15, 0.2) is 18.1 Å². The maximum Gasteiger partial charge on any atom is 0.487 e. The molecule has 1 saturated heterocycles. The number of aromatic nitrogens is 1. The third-order valence-corrected chi connectivity index (χ3v) is 3.93. The van der Waals surface area contributed by atoms with Gasteiger partial charge in [0.05, 0.1) is 18.3 Å². The molecule has 1 aromatic heterocycles. The summed E-state index contributed by atoms with van der Waals surface area (Å²) in [6.07, 6.45) is 1.92. The second-order valence-corrected chi connectivity index (χ2v) is 6.03. The molecule has 5 heteroatoms. The molecule has 0 radical (unpaired) electrons. The van der Waals surface area contributed by atoms with Crippen molar-refractivity contribution in [3.63, 3.8) is 0 Å². The van der Waals surface area contributed by atoms with E-state index in [4.69, 9.17) is 14.0 Å². The first-order valence-electron chi connectivity index (χ1n) is 6.81. The van der Waals surface area contributed by atoms with Crippen LogP contribution in [0.3, 0.4) is 0 Å². The molecule has 0 bridgehead atoms. The third-order valence-electron chi connectivity index (χ3n) is 3.93. The molecule has 2 heterocycles. The first-order valence-corrected chi connectivity index (χ1v) is 6.81. The number of pyridine rings is 1. The molecule has 1 aromatic rings. The standard InChI is InChI=1S/C15H22BNO3/c1-11-7-8-12(13(17-11)18-6)9-10-16-19-14(2,3)15(4,5)20-16/h7-10H,1-6H3/b10-9+. The lowest BCUT2D eigenvalue weighted by atomic mass is 9.89. The smallest absolute Gasteiger partial charge is 0.481 e. The number of ether oxygens (including phenoxy) is 1. The van der Waals surface area contributed by atoms with Crippen LogP contribution >= 0.6 is 0 Å². The second kappa shape index (κ2) is 5.22. The fourth-order valence-electron chi connectivity index (χ4n) is 1.98. The Hall–Kier alpha value is -1.33. The maximum atomic E-state index is 5.91. The summed E-state index contributed by atoms with van der Waals surface area (Å²) in [5.74, 6) is 2.50. The number of aryl methyl sites for hydroxylation is 1. The Bertz CT molecular complexity index is 510. The van der Waals surface area contributed by atoms with E-state index in [1.54, 1.807) is 7.11 Å². The monoisotopic (exact) mass is 275 g/mol. The van der Waals surface area contributed by atoms with E-state index < -0.39 is 0 Å². The molecule has 0 saturated carbocycles. The Kier molecular flexibility index (Phi) is 3.94. The third kappa shape index (κ3) is 2.89. The Labute approximate surface area is 121 Å². The molecule has 1 fully saturated rings. The van der Waals surface area contributed by atoms with Crippen LogP contribution in [0.2, 0.25) is 0 Å². The van der Waals surface area contributed by atoms with Crippen molar-refractivity contribution < 1.29 is 14.0 Å². The van der Waals surface area contributed by atoms with Gasteiger partial charge in [-0.1, -0.05) is 12.1 Å². The molecule has 20 heavy (non-hydrogen) atoms. The number of rotatable bonds is 3. The molecular formula is C15H22BNO3. The lowest BCUT2D eigenvalue weighted by Crippen LogP contribution is -2.41. The van der Waals surface area contributed by atoms with Gasteiger partial charge in [-0.05, 0) is 46.8 Å². The predicted octanol–water partition coefficient (Wildman–Crippen LogP) is 3.04. The minimum absolute atomic E-state index is 0.322. The zero-order valence-corrected chi connectivity index (χ0v) is 13.1. The van der Waals surface area contributed by atoms with Crippen molar-refractivity contribution in [1.82, 2.24) is 4.98 Å². The van der Waals surface area contributed by atoms with E-state index in [9.17, 15) is 0 Å². The predicted molar refractivity (Wildman–Crippen MR) is 80.6 cm³/mol. The van der Waals surface area contributed by atoms with Crippen molar-refractivity contribution in [3.05, 3.63) is 29.4 Å². The van der Waals surface area contributed by atoms with Crippen LogP contribution in [-0.2, 0) is 9.31 Å². The Morgan fingerprint density at radius 3 is 2.30 bits per heavy atom. The molecule has 0 aromatic carbocycles. The summed E-state index contributed by atoms with van der Waals surface area (Å²) in [5, 5.41) is 0.